The van der Waals surface area contributed by atoms with E-state index in [0.717, 1.165) is 29.1 Å². The van der Waals surface area contributed by atoms with Crippen LogP contribution in [0, 0.1) is 0 Å². The van der Waals surface area contributed by atoms with Gasteiger partial charge in [0.1, 0.15) is 0 Å². The Hall–Kier alpha value is -3.20. The number of hydrogen-bond acceptors (Lipinski definition) is 4. The highest BCUT2D eigenvalue weighted by molar-refractivity contribution is 7.13. The first-order valence-electron chi connectivity index (χ1n) is 10.3. The molecule has 5 rings (SSSR count). The average Bonchev–Trinajstić information content (AvgIpc) is 3.48. The monoisotopic (exact) mass is 456 g/mol. The van der Waals surface area contributed by atoms with E-state index in [1.165, 1.54) is 18.2 Å². The van der Waals surface area contributed by atoms with Crippen LogP contribution in [-0.4, -0.2) is 38.8 Å². The van der Waals surface area contributed by atoms with Crippen molar-refractivity contribution >= 4 is 28.3 Å². The van der Waals surface area contributed by atoms with Crippen molar-refractivity contribution in [1.82, 2.24) is 19.9 Å². The van der Waals surface area contributed by atoms with Crippen LogP contribution in [0.15, 0.2) is 53.9 Å². The standard InChI is InChI=1S/C23H19F3N4OS/c24-23(25,26)22-28-17-9-8-14(12-19(17)29-22)21(31)30-10-2-4-15(13-30)16-5-1-6-18(27-16)20-7-3-11-32-20/h1,3,5-9,11-12,15H,2,4,10,13H2,(H,28,29)/t15-/m0/s1. The lowest BCUT2D eigenvalue weighted by Crippen LogP contribution is -2.39. The van der Waals surface area contributed by atoms with Gasteiger partial charge in [-0.2, -0.15) is 13.2 Å². The molecule has 164 valence electrons. The maximum Gasteiger partial charge on any atom is 0.449 e. The Morgan fingerprint density at radius 3 is 2.78 bits per heavy atom. The van der Waals surface area contributed by atoms with E-state index in [4.69, 9.17) is 4.98 Å². The molecule has 3 aromatic heterocycles. The van der Waals surface area contributed by atoms with Gasteiger partial charge < -0.3 is 9.88 Å². The minimum atomic E-state index is -4.56. The minimum absolute atomic E-state index is 0.111. The molecule has 1 aliphatic rings. The van der Waals surface area contributed by atoms with Gasteiger partial charge in [-0.1, -0.05) is 12.1 Å². The third kappa shape index (κ3) is 4.00. The minimum Gasteiger partial charge on any atom is -0.338 e. The van der Waals surface area contributed by atoms with Gasteiger partial charge in [0.15, 0.2) is 0 Å². The second-order valence-electron chi connectivity index (χ2n) is 7.83. The number of nitrogens with one attached hydrogen (secondary N) is 1. The van der Waals surface area contributed by atoms with Crippen molar-refractivity contribution in [2.45, 2.75) is 24.9 Å². The number of nitrogens with zero attached hydrogens (tertiary/aromatic N) is 3. The van der Waals surface area contributed by atoms with E-state index in [1.54, 1.807) is 16.2 Å². The number of aromatic nitrogens is 3. The molecule has 5 nitrogen and oxygen atoms in total. The van der Waals surface area contributed by atoms with E-state index in [9.17, 15) is 18.0 Å². The summed E-state index contributed by atoms with van der Waals surface area (Å²) >= 11 is 1.63. The maximum absolute atomic E-state index is 13.1. The van der Waals surface area contributed by atoms with E-state index in [-0.39, 0.29) is 22.9 Å². The molecule has 0 aliphatic carbocycles. The number of carbonyl (C=O) groups excluding carboxylic acids is 1. The molecule has 1 N–H and O–H groups in total. The van der Waals surface area contributed by atoms with Crippen LogP contribution in [-0.2, 0) is 6.18 Å². The summed E-state index contributed by atoms with van der Waals surface area (Å²) in [7, 11) is 0. The fourth-order valence-electron chi connectivity index (χ4n) is 4.10. The van der Waals surface area contributed by atoms with Crippen molar-refractivity contribution in [3.8, 4) is 10.6 Å². The number of H-pyrrole nitrogens is 1. The van der Waals surface area contributed by atoms with Gasteiger partial charge in [0.2, 0.25) is 5.82 Å². The zero-order chi connectivity index (χ0) is 22.3. The molecule has 9 heteroatoms. The Morgan fingerprint density at radius 2 is 2.00 bits per heavy atom. The van der Waals surface area contributed by atoms with Gasteiger partial charge in [-0.05, 0) is 54.6 Å². The van der Waals surface area contributed by atoms with Crippen LogP contribution in [0.5, 0.6) is 0 Å². The van der Waals surface area contributed by atoms with Gasteiger partial charge in [-0.3, -0.25) is 9.78 Å². The highest BCUT2D eigenvalue weighted by Crippen LogP contribution is 2.31. The van der Waals surface area contributed by atoms with E-state index in [2.05, 4.69) is 9.97 Å². The predicted octanol–water partition coefficient (Wildman–Crippen LogP) is 5.73. The lowest BCUT2D eigenvalue weighted by atomic mass is 9.93. The SMILES string of the molecule is O=C(c1ccc2nc(C(F)(F)F)[nH]c2c1)N1CCC[C@H](c2cccc(-c3cccs3)n2)C1. The fraction of sp³-hybridized carbons (Fsp3) is 0.261. The molecular weight excluding hydrogens is 437 g/mol. The number of imidazole rings is 1. The molecule has 32 heavy (non-hydrogen) atoms. The van der Waals surface area contributed by atoms with Gasteiger partial charge in [-0.25, -0.2) is 4.98 Å². The van der Waals surface area contributed by atoms with Crippen molar-refractivity contribution in [3.05, 3.63) is 71.0 Å². The van der Waals surface area contributed by atoms with Crippen LogP contribution in [0.25, 0.3) is 21.6 Å². The Labute approximate surface area is 185 Å². The van der Waals surface area contributed by atoms with Crippen molar-refractivity contribution in [1.29, 1.82) is 0 Å². The van der Waals surface area contributed by atoms with Crippen LogP contribution in [0.4, 0.5) is 13.2 Å². The Balaban J connectivity index is 1.36. The number of hydrogen-bond donors (Lipinski definition) is 1. The zero-order valence-electron chi connectivity index (χ0n) is 16.9. The van der Waals surface area contributed by atoms with Crippen molar-refractivity contribution in [2.24, 2.45) is 0 Å². The van der Waals surface area contributed by atoms with Crippen LogP contribution in [0.1, 0.15) is 40.6 Å². The predicted molar refractivity (Wildman–Crippen MR) is 117 cm³/mol. The Kier molecular flexibility index (Phi) is 5.21. The van der Waals surface area contributed by atoms with Crippen LogP contribution in [0.3, 0.4) is 0 Å². The molecule has 0 saturated carbocycles. The smallest absolute Gasteiger partial charge is 0.338 e. The lowest BCUT2D eigenvalue weighted by Gasteiger charge is -2.32. The first kappa shape index (κ1) is 20.7. The third-order valence-electron chi connectivity index (χ3n) is 5.67. The number of alkyl halides is 3. The van der Waals surface area contributed by atoms with E-state index < -0.39 is 12.0 Å². The summed E-state index contributed by atoms with van der Waals surface area (Å²) in [5, 5.41) is 2.01. The number of amides is 1. The first-order valence-corrected chi connectivity index (χ1v) is 11.1. The number of likely N-dealkylation sites (tertiary alicyclic amines) is 1. The van der Waals surface area contributed by atoms with Crippen molar-refractivity contribution in [3.63, 3.8) is 0 Å². The van der Waals surface area contributed by atoms with Gasteiger partial charge >= 0.3 is 6.18 Å². The molecule has 0 spiro atoms. The average molecular weight is 456 g/mol. The van der Waals surface area contributed by atoms with E-state index >= 15 is 0 Å². The second-order valence-corrected chi connectivity index (χ2v) is 8.78. The molecule has 4 heterocycles. The summed E-state index contributed by atoms with van der Waals surface area (Å²) in [6.07, 6.45) is -2.79. The van der Waals surface area contributed by atoms with Gasteiger partial charge in [0, 0.05) is 30.3 Å². The molecule has 1 fully saturated rings. The molecule has 1 atom stereocenters. The number of halogens is 3. The molecule has 1 aliphatic heterocycles. The molecule has 0 bridgehead atoms. The fourth-order valence-corrected chi connectivity index (χ4v) is 4.80. The summed E-state index contributed by atoms with van der Waals surface area (Å²) in [5.41, 5.74) is 2.59. The van der Waals surface area contributed by atoms with Crippen LogP contribution in [0.2, 0.25) is 0 Å². The molecule has 1 amide bonds. The molecule has 4 aromatic rings. The number of thiophene rings is 1. The normalized spacial score (nSPS) is 17.1. The molecule has 1 aromatic carbocycles. The summed E-state index contributed by atoms with van der Waals surface area (Å²) < 4.78 is 38.8. The summed E-state index contributed by atoms with van der Waals surface area (Å²) in [6, 6.07) is 14.4. The number of pyridine rings is 1. The molecule has 1 saturated heterocycles. The van der Waals surface area contributed by atoms with Crippen molar-refractivity contribution < 1.29 is 18.0 Å². The van der Waals surface area contributed by atoms with Crippen molar-refractivity contribution in [2.75, 3.05) is 13.1 Å². The van der Waals surface area contributed by atoms with Gasteiger partial charge in [0.25, 0.3) is 5.91 Å². The number of carbonyl (C=O) groups is 1. The number of piperidine rings is 1. The highest BCUT2D eigenvalue weighted by Gasteiger charge is 2.35. The van der Waals surface area contributed by atoms with Gasteiger partial charge in [-0.15, -0.1) is 11.3 Å². The third-order valence-corrected chi connectivity index (χ3v) is 6.56. The highest BCUT2D eigenvalue weighted by atomic mass is 32.1. The first-order chi connectivity index (χ1) is 15.4. The largest absolute Gasteiger partial charge is 0.449 e. The second kappa shape index (κ2) is 8.05. The molecule has 0 radical (unpaired) electrons. The van der Waals surface area contributed by atoms with E-state index in [1.807, 2.05) is 35.7 Å². The summed E-state index contributed by atoms with van der Waals surface area (Å²) in [4.78, 5) is 26.6. The van der Waals surface area contributed by atoms with Gasteiger partial charge in [0.05, 0.1) is 21.6 Å². The zero-order valence-corrected chi connectivity index (χ0v) is 17.7. The summed E-state index contributed by atoms with van der Waals surface area (Å²) in [6.45, 7) is 1.13. The van der Waals surface area contributed by atoms with Crippen LogP contribution < -0.4 is 0 Å². The van der Waals surface area contributed by atoms with Crippen LogP contribution >= 0.6 is 11.3 Å². The Morgan fingerprint density at radius 1 is 1.12 bits per heavy atom. The maximum atomic E-state index is 13.1. The summed E-state index contributed by atoms with van der Waals surface area (Å²) in [5.74, 6) is -1.15. The number of rotatable bonds is 3. The topological polar surface area (TPSA) is 61.9 Å². The van der Waals surface area contributed by atoms with E-state index in [0.29, 0.717) is 18.7 Å². The number of fused-ring (bicyclic) bond motifs is 1. The lowest BCUT2D eigenvalue weighted by molar-refractivity contribution is -0.144. The number of benzene rings is 1. The molecule has 0 unspecified atom stereocenters. The Bertz CT molecular complexity index is 1270. The number of aromatic amines is 1. The molecular formula is C23H19F3N4OS. The quantitative estimate of drug-likeness (QED) is 0.429.